The van der Waals surface area contributed by atoms with E-state index in [4.69, 9.17) is 10.2 Å². The van der Waals surface area contributed by atoms with Crippen LogP contribution in [0, 0.1) is 23.7 Å². The number of carboxylic acid groups (broad SMARTS) is 2. The van der Waals surface area contributed by atoms with Gasteiger partial charge in [-0.25, -0.2) is 0 Å². The molecule has 4 nitrogen and oxygen atoms in total. The Hall–Kier alpha value is -1.03. The Balaban J connectivity index is 0.000000980. The number of hydrogen-bond donors (Lipinski definition) is 2. The first kappa shape index (κ1) is 11.0. The van der Waals surface area contributed by atoms with Crippen molar-refractivity contribution in [3.05, 3.63) is 12.2 Å². The minimum absolute atomic E-state index is 0. The quantitative estimate of drug-likeness (QED) is 0.679. The van der Waals surface area contributed by atoms with Gasteiger partial charge in [0.1, 0.15) is 0 Å². The zero-order valence-corrected chi connectivity index (χ0v) is 8.11. The van der Waals surface area contributed by atoms with Gasteiger partial charge in [0.2, 0.25) is 0 Å². The van der Waals surface area contributed by atoms with Gasteiger partial charge < -0.3 is 10.2 Å². The van der Waals surface area contributed by atoms with Crippen molar-refractivity contribution < 1.29 is 19.8 Å². The van der Waals surface area contributed by atoms with Crippen LogP contribution in [0.25, 0.3) is 0 Å². The Kier molecular flexibility index (Phi) is 2.85. The molecule has 2 N–H and O–H groups in total. The molecule has 0 aromatic carbocycles. The standard InChI is InChI=1S/C9H10O4.ClH/c10-8(11)6-4-1-2-5(3-4)7(6)9(12)13;/h1-2,4-7H,3H2,(H,10,11)(H,12,13);1H. The van der Waals surface area contributed by atoms with Gasteiger partial charge in [0.05, 0.1) is 11.8 Å². The van der Waals surface area contributed by atoms with E-state index in [0.717, 1.165) is 0 Å². The van der Waals surface area contributed by atoms with Crippen LogP contribution in [0.3, 0.4) is 0 Å². The lowest BCUT2D eigenvalue weighted by atomic mass is 9.83. The second kappa shape index (κ2) is 3.61. The molecule has 0 amide bonds. The molecule has 0 aliphatic heterocycles. The molecule has 0 aromatic heterocycles. The highest BCUT2D eigenvalue weighted by atomic mass is 35.5. The van der Waals surface area contributed by atoms with E-state index in [9.17, 15) is 9.59 Å². The van der Waals surface area contributed by atoms with Gasteiger partial charge in [-0.15, -0.1) is 12.4 Å². The molecule has 4 unspecified atom stereocenters. The Bertz CT molecular complexity index is 271. The number of halogens is 1. The summed E-state index contributed by atoms with van der Waals surface area (Å²) in [5, 5.41) is 17.7. The maximum atomic E-state index is 10.8. The minimum Gasteiger partial charge on any atom is -0.481 e. The van der Waals surface area contributed by atoms with Gasteiger partial charge in [-0.1, -0.05) is 12.2 Å². The third-order valence-electron chi connectivity index (χ3n) is 3.03. The van der Waals surface area contributed by atoms with E-state index in [1.54, 1.807) is 0 Å². The Morgan fingerprint density at radius 2 is 1.36 bits per heavy atom. The predicted octanol–water partition coefficient (Wildman–Crippen LogP) is 1.02. The van der Waals surface area contributed by atoms with Gasteiger partial charge in [-0.2, -0.15) is 0 Å². The second-order valence-electron chi connectivity index (χ2n) is 3.68. The summed E-state index contributed by atoms with van der Waals surface area (Å²) in [5.41, 5.74) is 0. The van der Waals surface area contributed by atoms with Crippen molar-refractivity contribution in [3.63, 3.8) is 0 Å². The molecule has 14 heavy (non-hydrogen) atoms. The Morgan fingerprint density at radius 1 is 1.00 bits per heavy atom. The molecule has 2 aliphatic carbocycles. The average molecular weight is 219 g/mol. The topological polar surface area (TPSA) is 74.6 Å². The van der Waals surface area contributed by atoms with Crippen LogP contribution >= 0.6 is 12.4 Å². The third kappa shape index (κ3) is 1.39. The summed E-state index contributed by atoms with van der Waals surface area (Å²) >= 11 is 0. The molecule has 5 heteroatoms. The number of allylic oxidation sites excluding steroid dienone is 2. The van der Waals surface area contributed by atoms with Crippen LogP contribution in [0.5, 0.6) is 0 Å². The highest BCUT2D eigenvalue weighted by Gasteiger charge is 2.51. The number of carbonyl (C=O) groups is 2. The molecule has 1 fully saturated rings. The molecule has 78 valence electrons. The zero-order valence-electron chi connectivity index (χ0n) is 7.29. The molecule has 0 heterocycles. The molecule has 1 saturated carbocycles. The predicted molar refractivity (Wildman–Crippen MR) is 50.2 cm³/mol. The van der Waals surface area contributed by atoms with Crippen molar-refractivity contribution >= 4 is 24.3 Å². The second-order valence-corrected chi connectivity index (χ2v) is 3.68. The van der Waals surface area contributed by atoms with Gasteiger partial charge in [-0.3, -0.25) is 9.59 Å². The van der Waals surface area contributed by atoms with E-state index in [0.29, 0.717) is 6.42 Å². The van der Waals surface area contributed by atoms with Crippen molar-refractivity contribution in [1.82, 2.24) is 0 Å². The monoisotopic (exact) mass is 218 g/mol. The van der Waals surface area contributed by atoms with E-state index in [1.165, 1.54) is 0 Å². The molecule has 0 radical (unpaired) electrons. The van der Waals surface area contributed by atoms with Crippen molar-refractivity contribution in [2.75, 3.05) is 0 Å². The van der Waals surface area contributed by atoms with Gasteiger partial charge in [0.25, 0.3) is 0 Å². The van der Waals surface area contributed by atoms with Crippen LogP contribution in [0.2, 0.25) is 0 Å². The fourth-order valence-corrected chi connectivity index (χ4v) is 2.50. The lowest BCUT2D eigenvalue weighted by molar-refractivity contribution is -0.154. The van der Waals surface area contributed by atoms with Gasteiger partial charge in [0, 0.05) is 0 Å². The summed E-state index contributed by atoms with van der Waals surface area (Å²) in [6, 6.07) is 0. The highest BCUT2D eigenvalue weighted by molar-refractivity contribution is 5.85. The van der Waals surface area contributed by atoms with E-state index in [-0.39, 0.29) is 24.2 Å². The van der Waals surface area contributed by atoms with E-state index in [2.05, 4.69) is 0 Å². The van der Waals surface area contributed by atoms with Crippen molar-refractivity contribution in [3.8, 4) is 0 Å². The lowest BCUT2D eigenvalue weighted by Crippen LogP contribution is -2.32. The molecule has 4 atom stereocenters. The first-order chi connectivity index (χ1) is 6.11. The zero-order chi connectivity index (χ0) is 9.59. The summed E-state index contributed by atoms with van der Waals surface area (Å²) in [6.45, 7) is 0. The summed E-state index contributed by atoms with van der Waals surface area (Å²) < 4.78 is 0. The summed E-state index contributed by atoms with van der Waals surface area (Å²) in [4.78, 5) is 21.6. The Morgan fingerprint density at radius 3 is 1.64 bits per heavy atom. The smallest absolute Gasteiger partial charge is 0.307 e. The van der Waals surface area contributed by atoms with Crippen LogP contribution in [-0.2, 0) is 9.59 Å². The highest BCUT2D eigenvalue weighted by Crippen LogP contribution is 2.48. The average Bonchev–Trinajstić information content (AvgIpc) is 2.60. The number of carboxylic acids is 2. The van der Waals surface area contributed by atoms with Crippen molar-refractivity contribution in [2.24, 2.45) is 23.7 Å². The summed E-state index contributed by atoms with van der Waals surface area (Å²) in [5.74, 6) is -3.53. The maximum Gasteiger partial charge on any atom is 0.307 e. The van der Waals surface area contributed by atoms with Crippen LogP contribution in [-0.4, -0.2) is 22.2 Å². The number of hydrogen-bond acceptors (Lipinski definition) is 2. The summed E-state index contributed by atoms with van der Waals surface area (Å²) in [6.07, 6.45) is 4.36. The van der Waals surface area contributed by atoms with E-state index >= 15 is 0 Å². The molecule has 2 aliphatic rings. The van der Waals surface area contributed by atoms with Crippen LogP contribution < -0.4 is 0 Å². The van der Waals surface area contributed by atoms with E-state index < -0.39 is 23.8 Å². The fraction of sp³-hybridized carbons (Fsp3) is 0.556. The van der Waals surface area contributed by atoms with Crippen molar-refractivity contribution in [2.45, 2.75) is 6.42 Å². The van der Waals surface area contributed by atoms with Crippen molar-refractivity contribution in [1.29, 1.82) is 0 Å². The molecule has 0 spiro atoms. The molecule has 0 aromatic rings. The number of aliphatic carboxylic acids is 2. The molecule has 2 bridgehead atoms. The molecular formula is C9H11ClO4. The molecule has 0 saturated heterocycles. The number of fused-ring (bicyclic) bond motifs is 2. The number of rotatable bonds is 2. The maximum absolute atomic E-state index is 10.8. The minimum atomic E-state index is -0.982. The first-order valence-corrected chi connectivity index (χ1v) is 4.25. The summed E-state index contributed by atoms with van der Waals surface area (Å²) in [7, 11) is 0. The largest absolute Gasteiger partial charge is 0.481 e. The fourth-order valence-electron chi connectivity index (χ4n) is 2.50. The molecular weight excluding hydrogens is 208 g/mol. The van der Waals surface area contributed by atoms with Gasteiger partial charge in [-0.05, 0) is 18.3 Å². The lowest BCUT2D eigenvalue weighted by Gasteiger charge is -2.20. The molecule has 2 rings (SSSR count). The normalized spacial score (nSPS) is 38.0. The SMILES string of the molecule is Cl.O=C(O)C1C2C=CC(C2)C1C(=O)O. The van der Waals surface area contributed by atoms with Gasteiger partial charge >= 0.3 is 11.9 Å². The first-order valence-electron chi connectivity index (χ1n) is 4.25. The van der Waals surface area contributed by atoms with Crippen LogP contribution in [0.4, 0.5) is 0 Å². The van der Waals surface area contributed by atoms with Crippen LogP contribution in [0.1, 0.15) is 6.42 Å². The third-order valence-corrected chi connectivity index (χ3v) is 3.03. The Labute approximate surface area is 87.0 Å². The van der Waals surface area contributed by atoms with E-state index in [1.807, 2.05) is 12.2 Å². The van der Waals surface area contributed by atoms with Gasteiger partial charge in [0.15, 0.2) is 0 Å². The van der Waals surface area contributed by atoms with Crippen LogP contribution in [0.15, 0.2) is 12.2 Å².